The van der Waals surface area contributed by atoms with Gasteiger partial charge in [0, 0.05) is 24.8 Å². The molecule has 0 amide bonds. The maximum atomic E-state index is 13.8. The molecule has 0 atom stereocenters. The van der Waals surface area contributed by atoms with Gasteiger partial charge in [-0.25, -0.2) is 9.40 Å². The number of ether oxygens (including phenoxy) is 1. The van der Waals surface area contributed by atoms with Crippen LogP contribution < -0.4 is 21.2 Å². The Bertz CT molecular complexity index is 706. The van der Waals surface area contributed by atoms with Crippen molar-refractivity contribution in [2.24, 2.45) is 0 Å². The molecule has 128 valence electrons. The number of nitrogens with one attached hydrogen (secondary N) is 2. The summed E-state index contributed by atoms with van der Waals surface area (Å²) in [4.78, 5) is 12.4. The Morgan fingerprint density at radius 1 is 1.12 bits per heavy atom. The summed E-state index contributed by atoms with van der Waals surface area (Å²) >= 11 is 0. The fourth-order valence-corrected chi connectivity index (χ4v) is 2.52. The smallest absolute Gasteiger partial charge is 0.244 e. The Hall–Kier alpha value is -2.68. The van der Waals surface area contributed by atoms with Crippen LogP contribution in [0.5, 0.6) is 5.75 Å². The Kier molecular flexibility index (Phi) is 4.90. The number of aromatic nitrogens is 3. The van der Waals surface area contributed by atoms with E-state index in [-0.39, 0.29) is 17.6 Å². The van der Waals surface area contributed by atoms with E-state index in [1.807, 2.05) is 0 Å². The lowest BCUT2D eigenvalue weighted by Gasteiger charge is -2.26. The van der Waals surface area contributed by atoms with Gasteiger partial charge in [-0.15, -0.1) is 0 Å². The van der Waals surface area contributed by atoms with E-state index < -0.39 is 5.82 Å². The summed E-state index contributed by atoms with van der Waals surface area (Å²) < 4.78 is 18.7. The van der Waals surface area contributed by atoms with Crippen LogP contribution >= 0.6 is 0 Å². The lowest BCUT2D eigenvalue weighted by Crippen LogP contribution is -2.35. The molecule has 0 unspecified atom stereocenters. The van der Waals surface area contributed by atoms with Crippen molar-refractivity contribution in [3.8, 4) is 5.75 Å². The predicted octanol–water partition coefficient (Wildman–Crippen LogP) is 2.16. The molecule has 4 N–H and O–H groups in total. The molecule has 0 aliphatic carbocycles. The SMILES string of the molecule is COc1ccc(Nc2nc(N)nc(NN3CCCCC3)n2)cc1F. The van der Waals surface area contributed by atoms with Gasteiger partial charge >= 0.3 is 0 Å². The Labute approximate surface area is 139 Å². The van der Waals surface area contributed by atoms with E-state index in [0.717, 1.165) is 25.9 Å². The summed E-state index contributed by atoms with van der Waals surface area (Å²) in [7, 11) is 1.41. The number of methoxy groups -OCH3 is 1. The van der Waals surface area contributed by atoms with E-state index >= 15 is 0 Å². The molecule has 1 fully saturated rings. The zero-order valence-corrected chi connectivity index (χ0v) is 13.4. The van der Waals surface area contributed by atoms with Crippen LogP contribution in [0.25, 0.3) is 0 Å². The average molecular weight is 333 g/mol. The summed E-state index contributed by atoms with van der Waals surface area (Å²) in [5.74, 6) is 0.382. The number of nitrogen functional groups attached to an aromatic ring is 1. The predicted molar refractivity (Wildman–Crippen MR) is 89.5 cm³/mol. The summed E-state index contributed by atoms with van der Waals surface area (Å²) in [6, 6.07) is 4.49. The highest BCUT2D eigenvalue weighted by Crippen LogP contribution is 2.23. The van der Waals surface area contributed by atoms with Gasteiger partial charge in [0.05, 0.1) is 7.11 Å². The third-order valence-corrected chi connectivity index (χ3v) is 3.67. The number of nitrogens with two attached hydrogens (primary N) is 1. The number of nitrogens with zero attached hydrogens (tertiary/aromatic N) is 4. The van der Waals surface area contributed by atoms with Gasteiger partial charge in [0.1, 0.15) is 0 Å². The van der Waals surface area contributed by atoms with E-state index in [2.05, 4.69) is 30.7 Å². The molecule has 2 heterocycles. The fraction of sp³-hybridized carbons (Fsp3) is 0.400. The minimum atomic E-state index is -0.476. The van der Waals surface area contributed by atoms with Gasteiger partial charge < -0.3 is 15.8 Å². The van der Waals surface area contributed by atoms with Crippen LogP contribution in [-0.4, -0.2) is 40.2 Å². The van der Waals surface area contributed by atoms with E-state index in [0.29, 0.717) is 11.6 Å². The van der Waals surface area contributed by atoms with Crippen molar-refractivity contribution in [1.82, 2.24) is 20.0 Å². The van der Waals surface area contributed by atoms with Crippen LogP contribution in [0.4, 0.5) is 27.9 Å². The van der Waals surface area contributed by atoms with Gasteiger partial charge in [-0.1, -0.05) is 6.42 Å². The number of hydrogen-bond donors (Lipinski definition) is 3. The molecular weight excluding hydrogens is 313 g/mol. The van der Waals surface area contributed by atoms with Crippen LogP contribution in [0.3, 0.4) is 0 Å². The van der Waals surface area contributed by atoms with Gasteiger partial charge in [-0.2, -0.15) is 15.0 Å². The Morgan fingerprint density at radius 3 is 2.58 bits per heavy atom. The number of hydrogen-bond acceptors (Lipinski definition) is 8. The van der Waals surface area contributed by atoms with Gasteiger partial charge in [-0.05, 0) is 25.0 Å². The second-order valence-corrected chi connectivity index (χ2v) is 5.47. The molecule has 0 spiro atoms. The molecule has 1 aromatic heterocycles. The van der Waals surface area contributed by atoms with Crippen LogP contribution in [0.1, 0.15) is 19.3 Å². The molecule has 3 rings (SSSR count). The van der Waals surface area contributed by atoms with E-state index in [4.69, 9.17) is 10.5 Å². The fourth-order valence-electron chi connectivity index (χ4n) is 2.52. The highest BCUT2D eigenvalue weighted by atomic mass is 19.1. The Balaban J connectivity index is 1.74. The molecule has 0 radical (unpaired) electrons. The summed E-state index contributed by atoms with van der Waals surface area (Å²) in [5, 5.41) is 4.97. The zero-order valence-electron chi connectivity index (χ0n) is 13.4. The van der Waals surface area contributed by atoms with Crippen LogP contribution in [-0.2, 0) is 0 Å². The van der Waals surface area contributed by atoms with Crippen molar-refractivity contribution < 1.29 is 9.13 Å². The van der Waals surface area contributed by atoms with Crippen molar-refractivity contribution in [3.05, 3.63) is 24.0 Å². The first-order chi connectivity index (χ1) is 11.6. The number of rotatable bonds is 5. The standard InChI is InChI=1S/C15H20FN7O/c1-24-12-6-5-10(9-11(12)16)18-14-19-13(17)20-15(21-14)22-23-7-3-2-4-8-23/h5-6,9H,2-4,7-8H2,1H3,(H4,17,18,19,20,21,22). The largest absolute Gasteiger partial charge is 0.494 e. The van der Waals surface area contributed by atoms with E-state index in [1.165, 1.54) is 25.7 Å². The van der Waals surface area contributed by atoms with Crippen LogP contribution in [0.15, 0.2) is 18.2 Å². The first-order valence-electron chi connectivity index (χ1n) is 7.78. The quantitative estimate of drug-likeness (QED) is 0.765. The summed E-state index contributed by atoms with van der Waals surface area (Å²) in [5.41, 5.74) is 9.36. The minimum absolute atomic E-state index is 0.0843. The third-order valence-electron chi connectivity index (χ3n) is 3.67. The second kappa shape index (κ2) is 7.26. The molecule has 24 heavy (non-hydrogen) atoms. The van der Waals surface area contributed by atoms with Crippen molar-refractivity contribution >= 4 is 23.5 Å². The van der Waals surface area contributed by atoms with Gasteiger partial charge in [0.15, 0.2) is 11.6 Å². The molecule has 9 heteroatoms. The van der Waals surface area contributed by atoms with Gasteiger partial charge in [0.25, 0.3) is 0 Å². The Morgan fingerprint density at radius 2 is 1.88 bits per heavy atom. The highest BCUT2D eigenvalue weighted by Gasteiger charge is 2.13. The average Bonchev–Trinajstić information content (AvgIpc) is 2.55. The number of piperidine rings is 1. The molecular formula is C15H20FN7O. The second-order valence-electron chi connectivity index (χ2n) is 5.47. The molecule has 0 saturated carbocycles. The molecule has 2 aromatic rings. The molecule has 8 nitrogen and oxygen atoms in total. The molecule has 0 bridgehead atoms. The summed E-state index contributed by atoms with van der Waals surface area (Å²) in [6.45, 7) is 1.86. The number of anilines is 4. The van der Waals surface area contributed by atoms with Crippen LogP contribution in [0.2, 0.25) is 0 Å². The third kappa shape index (κ3) is 3.99. The minimum Gasteiger partial charge on any atom is -0.494 e. The van der Waals surface area contributed by atoms with E-state index in [1.54, 1.807) is 6.07 Å². The van der Waals surface area contributed by atoms with Gasteiger partial charge in [0.2, 0.25) is 17.8 Å². The first-order valence-corrected chi connectivity index (χ1v) is 7.78. The number of halogens is 1. The van der Waals surface area contributed by atoms with E-state index in [9.17, 15) is 4.39 Å². The van der Waals surface area contributed by atoms with Crippen LogP contribution in [0, 0.1) is 5.82 Å². The van der Waals surface area contributed by atoms with Crippen molar-refractivity contribution in [2.75, 3.05) is 36.7 Å². The zero-order chi connectivity index (χ0) is 16.9. The molecule has 1 saturated heterocycles. The topological polar surface area (TPSA) is 101 Å². The number of hydrazine groups is 1. The molecule has 1 aromatic carbocycles. The summed E-state index contributed by atoms with van der Waals surface area (Å²) in [6.07, 6.45) is 3.49. The maximum absolute atomic E-state index is 13.8. The highest BCUT2D eigenvalue weighted by molar-refractivity contribution is 5.56. The maximum Gasteiger partial charge on any atom is 0.244 e. The monoisotopic (exact) mass is 333 g/mol. The normalized spacial score (nSPS) is 15.1. The number of benzene rings is 1. The van der Waals surface area contributed by atoms with Gasteiger partial charge in [-0.3, -0.25) is 5.43 Å². The lowest BCUT2D eigenvalue weighted by molar-refractivity contribution is 0.271. The lowest BCUT2D eigenvalue weighted by atomic mass is 10.2. The molecule has 1 aliphatic rings. The molecule has 1 aliphatic heterocycles. The van der Waals surface area contributed by atoms with Crippen molar-refractivity contribution in [3.63, 3.8) is 0 Å². The van der Waals surface area contributed by atoms with Crippen molar-refractivity contribution in [1.29, 1.82) is 0 Å². The first kappa shape index (κ1) is 16.2. The van der Waals surface area contributed by atoms with Crippen molar-refractivity contribution in [2.45, 2.75) is 19.3 Å².